The molecule has 0 saturated heterocycles. The van der Waals surface area contributed by atoms with Gasteiger partial charge in [0.15, 0.2) is 23.2 Å². The topological polar surface area (TPSA) is 151 Å². The molecule has 0 atom stereocenters. The lowest BCUT2D eigenvalue weighted by Crippen LogP contribution is -2.07. The summed E-state index contributed by atoms with van der Waals surface area (Å²) in [7, 11) is 0. The maximum absolute atomic E-state index is 10.9. The number of phenolic OH excluding ortho intramolecular Hbond substituents is 5. The predicted octanol–water partition coefficient (Wildman–Crippen LogP) is 8.23. The van der Waals surface area contributed by atoms with Crippen LogP contribution >= 0.6 is 22.9 Å². The molecule has 0 bridgehead atoms. The lowest BCUT2D eigenvalue weighted by Gasteiger charge is -2.13. The van der Waals surface area contributed by atoms with E-state index in [0.717, 1.165) is 30.9 Å². The Kier molecular flexibility index (Phi) is 6.80. The molecule has 5 aromatic carbocycles. The molecule has 5 N–H and O–H groups in total. The Bertz CT molecular complexity index is 2380. The second kappa shape index (κ2) is 10.8. The van der Waals surface area contributed by atoms with Crippen molar-refractivity contribution >= 4 is 83.4 Å². The van der Waals surface area contributed by atoms with E-state index < -0.39 is 34.3 Å². The van der Waals surface area contributed by atoms with E-state index in [-0.39, 0.29) is 18.2 Å². The fraction of sp³-hybridized carbons (Fsp3) is 0.0294. The number of nitrogens with zero attached hydrogens (tertiary/aromatic N) is 3. The third kappa shape index (κ3) is 4.59. The van der Waals surface area contributed by atoms with Gasteiger partial charge in [-0.2, -0.15) is 0 Å². The predicted molar refractivity (Wildman–Crippen MR) is 179 cm³/mol. The van der Waals surface area contributed by atoms with Crippen LogP contribution in [0.1, 0.15) is 16.7 Å². The zero-order valence-corrected chi connectivity index (χ0v) is 24.8. The Morgan fingerprint density at radius 3 is 2.22 bits per heavy atom. The number of halogens is 1. The molecule has 0 spiro atoms. The number of thiophene rings is 1. The van der Waals surface area contributed by atoms with Gasteiger partial charge in [0.05, 0.1) is 6.54 Å². The number of benzene rings is 5. The van der Waals surface area contributed by atoms with Gasteiger partial charge >= 0.3 is 0 Å². The first-order chi connectivity index (χ1) is 21.8. The van der Waals surface area contributed by atoms with Crippen molar-refractivity contribution in [3.63, 3.8) is 0 Å². The molecular weight excluding hydrogens is 614 g/mol. The average molecular weight is 636 g/mol. The molecule has 7 aromatic rings. The molecular formula is C34H22ClN3O6S. The van der Waals surface area contributed by atoms with Crippen LogP contribution in [0.3, 0.4) is 0 Å². The second-order valence-electron chi connectivity index (χ2n) is 10.2. The van der Waals surface area contributed by atoms with E-state index in [4.69, 9.17) is 16.0 Å². The van der Waals surface area contributed by atoms with Crippen molar-refractivity contribution in [2.45, 2.75) is 6.54 Å². The van der Waals surface area contributed by atoms with Crippen LogP contribution in [0.15, 0.2) is 98.3 Å². The van der Waals surface area contributed by atoms with E-state index in [2.05, 4.69) is 21.7 Å². The van der Waals surface area contributed by atoms with Crippen LogP contribution in [0.25, 0.3) is 42.1 Å². The number of fused-ring (bicyclic) bond motifs is 6. The normalized spacial score (nSPS) is 12.6. The molecule has 2 heterocycles. The first-order valence-electron chi connectivity index (χ1n) is 13.6. The Hall–Kier alpha value is -5.58. The van der Waals surface area contributed by atoms with Crippen molar-refractivity contribution in [3.8, 4) is 28.7 Å². The molecule has 11 heteroatoms. The van der Waals surface area contributed by atoms with Crippen LogP contribution in [0.4, 0.5) is 0 Å². The summed E-state index contributed by atoms with van der Waals surface area (Å²) >= 11 is 7.83. The standard InChI is InChI=1S/C34H22ClN3O6S/c1-36-33(20-9-5-8-19-18-7-2-3-11-24(18)45-32(19)20)38-34(26-27(39)29(41)31(43)30(42)28(26)40)37-15-16-6-4-10-23-25(16)21-14-17(35)12-13-22(21)44-23/h2-14,39-43H,1,15H2/b37-34-,38-33-. The Morgan fingerprint density at radius 2 is 1.44 bits per heavy atom. The van der Waals surface area contributed by atoms with Gasteiger partial charge in [-0.15, -0.1) is 11.3 Å². The minimum atomic E-state index is -1.10. The highest BCUT2D eigenvalue weighted by molar-refractivity contribution is 7.26. The Morgan fingerprint density at radius 1 is 0.733 bits per heavy atom. The van der Waals surface area contributed by atoms with Crippen molar-refractivity contribution < 1.29 is 29.9 Å². The molecule has 0 saturated carbocycles. The lowest BCUT2D eigenvalue weighted by molar-refractivity contribution is 0.327. The Labute approximate surface area is 263 Å². The Balaban J connectivity index is 1.46. The number of hydrogen-bond donors (Lipinski definition) is 5. The summed E-state index contributed by atoms with van der Waals surface area (Å²) in [5, 5.41) is 56.7. The van der Waals surface area contributed by atoms with Gasteiger partial charge < -0.3 is 29.9 Å². The highest BCUT2D eigenvalue weighted by atomic mass is 35.5. The van der Waals surface area contributed by atoms with E-state index >= 15 is 0 Å². The van der Waals surface area contributed by atoms with Crippen molar-refractivity contribution in [2.75, 3.05) is 0 Å². The van der Waals surface area contributed by atoms with Crippen LogP contribution in [-0.2, 0) is 6.54 Å². The third-order valence-electron chi connectivity index (χ3n) is 7.54. The van der Waals surface area contributed by atoms with Crippen molar-refractivity contribution in [2.24, 2.45) is 15.0 Å². The van der Waals surface area contributed by atoms with Crippen molar-refractivity contribution in [1.29, 1.82) is 0 Å². The molecule has 0 aliphatic heterocycles. The van der Waals surface area contributed by atoms with Gasteiger partial charge in [0, 0.05) is 41.5 Å². The molecule has 0 fully saturated rings. The summed E-state index contributed by atoms with van der Waals surface area (Å²) in [6.45, 7) is 3.67. The number of aromatic hydroxyl groups is 5. The molecule has 0 radical (unpaired) electrons. The summed E-state index contributed by atoms with van der Waals surface area (Å²) in [6, 6.07) is 24.3. The van der Waals surface area contributed by atoms with Gasteiger partial charge in [0.1, 0.15) is 16.7 Å². The summed E-state index contributed by atoms with van der Waals surface area (Å²) in [6.07, 6.45) is 0. The second-order valence-corrected chi connectivity index (χ2v) is 11.7. The summed E-state index contributed by atoms with van der Waals surface area (Å²) in [5.74, 6) is -5.27. The van der Waals surface area contributed by atoms with Gasteiger partial charge in [-0.1, -0.05) is 54.1 Å². The number of phenols is 5. The molecule has 0 amide bonds. The van der Waals surface area contributed by atoms with Gasteiger partial charge in [-0.3, -0.25) is 4.99 Å². The molecule has 0 unspecified atom stereocenters. The number of rotatable bonds is 4. The summed E-state index contributed by atoms with van der Waals surface area (Å²) in [5.41, 5.74) is 2.02. The van der Waals surface area contributed by atoms with E-state index in [1.807, 2.05) is 54.6 Å². The van der Waals surface area contributed by atoms with Gasteiger partial charge in [-0.25, -0.2) is 9.98 Å². The van der Waals surface area contributed by atoms with Crippen LogP contribution in [0.5, 0.6) is 28.7 Å². The molecule has 9 nitrogen and oxygen atoms in total. The van der Waals surface area contributed by atoms with Crippen LogP contribution in [0, 0.1) is 0 Å². The number of furan rings is 1. The van der Waals surface area contributed by atoms with Crippen LogP contribution in [0.2, 0.25) is 5.02 Å². The minimum absolute atomic E-state index is 0.0455. The maximum Gasteiger partial charge on any atom is 0.208 e. The van der Waals surface area contributed by atoms with E-state index in [1.165, 1.54) is 0 Å². The first-order valence-corrected chi connectivity index (χ1v) is 14.8. The zero-order valence-electron chi connectivity index (χ0n) is 23.2. The van der Waals surface area contributed by atoms with Crippen LogP contribution < -0.4 is 0 Å². The van der Waals surface area contributed by atoms with Gasteiger partial charge in [0.25, 0.3) is 0 Å². The van der Waals surface area contributed by atoms with E-state index in [0.29, 0.717) is 27.3 Å². The quantitative estimate of drug-likeness (QED) is 0.0569. The molecule has 45 heavy (non-hydrogen) atoms. The summed E-state index contributed by atoms with van der Waals surface area (Å²) < 4.78 is 7.93. The van der Waals surface area contributed by atoms with E-state index in [9.17, 15) is 25.5 Å². The average Bonchev–Trinajstić information content (AvgIpc) is 3.62. The largest absolute Gasteiger partial charge is 0.504 e. The molecule has 0 aliphatic carbocycles. The van der Waals surface area contributed by atoms with Gasteiger partial charge in [-0.05, 0) is 48.7 Å². The maximum atomic E-state index is 10.9. The zero-order chi connectivity index (χ0) is 31.4. The minimum Gasteiger partial charge on any atom is -0.504 e. The van der Waals surface area contributed by atoms with Crippen molar-refractivity contribution in [1.82, 2.24) is 0 Å². The smallest absolute Gasteiger partial charge is 0.208 e. The summed E-state index contributed by atoms with van der Waals surface area (Å²) in [4.78, 5) is 13.4. The van der Waals surface area contributed by atoms with Crippen LogP contribution in [-0.4, -0.2) is 43.9 Å². The first kappa shape index (κ1) is 28.2. The number of amidine groups is 2. The van der Waals surface area contributed by atoms with E-state index in [1.54, 1.807) is 35.6 Å². The molecule has 0 aliphatic rings. The SMILES string of the molecule is C=N/C(=N\C(=N/Cc1cccc2oc3ccc(Cl)cc3c12)c1c(O)c(O)c(O)c(O)c1O)c1cccc2c1sc1ccccc12. The molecule has 222 valence electrons. The number of aliphatic imine (C=N–C) groups is 3. The molecule has 2 aromatic heterocycles. The monoisotopic (exact) mass is 635 g/mol. The highest BCUT2D eigenvalue weighted by Crippen LogP contribution is 2.51. The fourth-order valence-electron chi connectivity index (χ4n) is 5.44. The van der Waals surface area contributed by atoms with Gasteiger partial charge in [0.2, 0.25) is 17.2 Å². The third-order valence-corrected chi connectivity index (χ3v) is 9.00. The fourth-order valence-corrected chi connectivity index (χ4v) is 6.82. The highest BCUT2D eigenvalue weighted by Gasteiger charge is 2.27. The lowest BCUT2D eigenvalue weighted by atomic mass is 10.1. The molecule has 7 rings (SSSR count). The number of hydrogen-bond acceptors (Lipinski definition) is 8. The van der Waals surface area contributed by atoms with Crippen molar-refractivity contribution in [3.05, 3.63) is 101 Å².